The number of anilines is 2. The lowest BCUT2D eigenvalue weighted by molar-refractivity contribution is 0.0736. The van der Waals surface area contributed by atoms with Gasteiger partial charge in [-0.25, -0.2) is 14.2 Å². The molecule has 1 aromatic carbocycles. The fourth-order valence-electron chi connectivity index (χ4n) is 5.20. The Balaban J connectivity index is 1.19. The molecular weight excluding hydrogens is 469 g/mol. The van der Waals surface area contributed by atoms with Crippen molar-refractivity contribution in [2.75, 3.05) is 62.2 Å². The number of pyridine rings is 1. The molecule has 0 bridgehead atoms. The van der Waals surface area contributed by atoms with Gasteiger partial charge in [-0.1, -0.05) is 18.2 Å². The van der Waals surface area contributed by atoms with Crippen LogP contribution < -0.4 is 9.80 Å². The van der Waals surface area contributed by atoms with Gasteiger partial charge in [-0.2, -0.15) is 0 Å². The van der Waals surface area contributed by atoms with Gasteiger partial charge < -0.3 is 19.3 Å². The molecule has 3 aromatic rings. The summed E-state index contributed by atoms with van der Waals surface area (Å²) in [4.78, 5) is 29.9. The Morgan fingerprint density at radius 1 is 1.00 bits per heavy atom. The van der Waals surface area contributed by atoms with Crippen LogP contribution in [0.2, 0.25) is 0 Å². The van der Waals surface area contributed by atoms with Crippen molar-refractivity contribution in [3.8, 4) is 0 Å². The molecule has 2 aliphatic heterocycles. The van der Waals surface area contributed by atoms with Crippen molar-refractivity contribution in [1.82, 2.24) is 19.4 Å². The number of hydrogen-bond acceptors (Lipinski definition) is 5. The van der Waals surface area contributed by atoms with Gasteiger partial charge >= 0.3 is 0 Å². The molecule has 0 spiro atoms. The second-order valence-electron chi connectivity index (χ2n) is 9.68. The number of nitrogens with zero attached hydrogens (tertiary/aromatic N) is 7. The third-order valence-electron chi connectivity index (χ3n) is 7.57. The number of carbonyl (C=O) groups excluding carboxylic acids is 1. The normalized spacial score (nSPS) is 16.6. The molecule has 2 fully saturated rings. The first kappa shape index (κ1) is 24.8. The van der Waals surface area contributed by atoms with E-state index in [0.717, 1.165) is 49.9 Å². The SMILES string of the molecule is [C-]#[N+]c1ccccc1N1CCN(Cc2cc(C(=O)N3CCN(c4ccc(F)cn4)CC3)n(C)c2C)CC1. The zero-order chi connectivity index (χ0) is 25.9. The predicted molar refractivity (Wildman–Crippen MR) is 143 cm³/mol. The fraction of sp³-hybridized carbons (Fsp3) is 0.393. The lowest BCUT2D eigenvalue weighted by Gasteiger charge is -2.36. The summed E-state index contributed by atoms with van der Waals surface area (Å²) in [5, 5.41) is 0. The minimum Gasteiger partial charge on any atom is -0.378 e. The van der Waals surface area contributed by atoms with Crippen LogP contribution >= 0.6 is 0 Å². The van der Waals surface area contributed by atoms with E-state index in [1.54, 1.807) is 6.07 Å². The van der Waals surface area contributed by atoms with Crippen LogP contribution in [0, 0.1) is 19.3 Å². The van der Waals surface area contributed by atoms with Crippen LogP contribution in [0.4, 0.5) is 21.6 Å². The first-order valence-electron chi connectivity index (χ1n) is 12.7. The summed E-state index contributed by atoms with van der Waals surface area (Å²) >= 11 is 0. The van der Waals surface area contributed by atoms with Crippen LogP contribution in [0.1, 0.15) is 21.7 Å². The Morgan fingerprint density at radius 2 is 1.70 bits per heavy atom. The maximum Gasteiger partial charge on any atom is 0.270 e. The molecule has 2 aliphatic rings. The topological polar surface area (TPSA) is 52.2 Å². The molecule has 0 radical (unpaired) electrons. The van der Waals surface area contributed by atoms with Crippen molar-refractivity contribution in [3.63, 3.8) is 0 Å². The average molecular weight is 502 g/mol. The molecule has 4 heterocycles. The van der Waals surface area contributed by atoms with Crippen LogP contribution in [0.5, 0.6) is 0 Å². The van der Waals surface area contributed by atoms with Gasteiger partial charge in [0.2, 0.25) is 5.69 Å². The maximum absolute atomic E-state index is 13.4. The molecule has 2 saturated heterocycles. The summed E-state index contributed by atoms with van der Waals surface area (Å²) in [6.07, 6.45) is 1.23. The molecular formula is C28H32FN7O. The third kappa shape index (κ3) is 5.16. The zero-order valence-corrected chi connectivity index (χ0v) is 21.4. The van der Waals surface area contributed by atoms with Gasteiger partial charge in [0.05, 0.1) is 12.8 Å². The summed E-state index contributed by atoms with van der Waals surface area (Å²) in [7, 11) is 1.96. The number of rotatable bonds is 5. The Bertz CT molecular complexity index is 1300. The molecule has 0 unspecified atom stereocenters. The van der Waals surface area contributed by atoms with E-state index in [4.69, 9.17) is 6.57 Å². The van der Waals surface area contributed by atoms with E-state index in [1.807, 2.05) is 46.8 Å². The molecule has 9 heteroatoms. The highest BCUT2D eigenvalue weighted by Crippen LogP contribution is 2.29. The number of carbonyl (C=O) groups is 1. The van der Waals surface area contributed by atoms with E-state index in [9.17, 15) is 9.18 Å². The number of piperazine rings is 2. The minimum atomic E-state index is -0.347. The first-order valence-corrected chi connectivity index (χ1v) is 12.7. The highest BCUT2D eigenvalue weighted by atomic mass is 19.1. The van der Waals surface area contributed by atoms with Crippen molar-refractivity contribution < 1.29 is 9.18 Å². The van der Waals surface area contributed by atoms with Crippen molar-refractivity contribution in [3.05, 3.63) is 82.8 Å². The Labute approximate surface area is 217 Å². The van der Waals surface area contributed by atoms with E-state index in [1.165, 1.54) is 17.8 Å². The standard InChI is InChI=1S/C28H32FN7O/c1-21-22(20-33-10-12-34(13-11-33)25-7-5-4-6-24(25)30-2)18-26(32(21)3)28(37)36-16-14-35(15-17-36)27-9-8-23(29)19-31-27/h4-9,18-19H,10-17,20H2,1,3H3. The van der Waals surface area contributed by atoms with E-state index in [-0.39, 0.29) is 11.7 Å². The number of halogens is 1. The molecule has 37 heavy (non-hydrogen) atoms. The monoisotopic (exact) mass is 501 g/mol. The lowest BCUT2D eigenvalue weighted by Crippen LogP contribution is -2.49. The molecule has 8 nitrogen and oxygen atoms in total. The molecule has 1 amide bonds. The Morgan fingerprint density at radius 3 is 2.38 bits per heavy atom. The number of aromatic nitrogens is 2. The van der Waals surface area contributed by atoms with Crippen molar-refractivity contribution in [1.29, 1.82) is 0 Å². The van der Waals surface area contributed by atoms with Gasteiger partial charge in [0.1, 0.15) is 17.3 Å². The fourth-order valence-corrected chi connectivity index (χ4v) is 5.20. The summed E-state index contributed by atoms with van der Waals surface area (Å²) in [6.45, 7) is 16.4. The van der Waals surface area contributed by atoms with Gasteiger partial charge in [0.25, 0.3) is 5.91 Å². The predicted octanol–water partition coefficient (Wildman–Crippen LogP) is 3.70. The maximum atomic E-state index is 13.4. The van der Waals surface area contributed by atoms with Gasteiger partial charge in [-0.05, 0) is 36.8 Å². The summed E-state index contributed by atoms with van der Waals surface area (Å²) in [5.74, 6) is 0.437. The molecule has 0 saturated carbocycles. The van der Waals surface area contributed by atoms with E-state index < -0.39 is 0 Å². The second-order valence-corrected chi connectivity index (χ2v) is 9.68. The molecule has 0 atom stereocenters. The number of para-hydroxylation sites is 2. The van der Waals surface area contributed by atoms with Crippen LogP contribution in [0.15, 0.2) is 48.7 Å². The van der Waals surface area contributed by atoms with Gasteiger partial charge in [0, 0.05) is 77.3 Å². The number of amides is 1. The second kappa shape index (κ2) is 10.6. The largest absolute Gasteiger partial charge is 0.378 e. The summed E-state index contributed by atoms with van der Waals surface area (Å²) in [6, 6.07) is 12.9. The van der Waals surface area contributed by atoms with Crippen molar-refractivity contribution in [2.24, 2.45) is 7.05 Å². The van der Waals surface area contributed by atoms with Gasteiger partial charge in [0.15, 0.2) is 0 Å². The molecule has 0 N–H and O–H groups in total. The molecule has 0 aliphatic carbocycles. The molecule has 2 aromatic heterocycles. The summed E-state index contributed by atoms with van der Waals surface area (Å²) < 4.78 is 15.2. The lowest BCUT2D eigenvalue weighted by atomic mass is 10.2. The van der Waals surface area contributed by atoms with Crippen molar-refractivity contribution >= 4 is 23.1 Å². The van der Waals surface area contributed by atoms with E-state index in [2.05, 4.69) is 31.5 Å². The highest BCUT2D eigenvalue weighted by Gasteiger charge is 2.27. The molecule has 5 rings (SSSR count). The zero-order valence-electron chi connectivity index (χ0n) is 21.4. The Kier molecular flexibility index (Phi) is 7.10. The first-order chi connectivity index (χ1) is 17.9. The third-order valence-corrected chi connectivity index (χ3v) is 7.57. The van der Waals surface area contributed by atoms with Gasteiger partial charge in [-0.3, -0.25) is 9.69 Å². The van der Waals surface area contributed by atoms with Crippen LogP contribution in [-0.4, -0.2) is 77.6 Å². The smallest absolute Gasteiger partial charge is 0.270 e. The van der Waals surface area contributed by atoms with Crippen LogP contribution in [0.25, 0.3) is 4.85 Å². The number of benzene rings is 1. The van der Waals surface area contributed by atoms with Crippen LogP contribution in [-0.2, 0) is 13.6 Å². The number of hydrogen-bond donors (Lipinski definition) is 0. The van der Waals surface area contributed by atoms with E-state index >= 15 is 0 Å². The van der Waals surface area contributed by atoms with Crippen molar-refractivity contribution in [2.45, 2.75) is 13.5 Å². The summed E-state index contributed by atoms with van der Waals surface area (Å²) in [5.41, 5.74) is 4.71. The Hall–Kier alpha value is -3.90. The average Bonchev–Trinajstić information content (AvgIpc) is 3.22. The quantitative estimate of drug-likeness (QED) is 0.499. The molecule has 192 valence electrons. The van der Waals surface area contributed by atoms with E-state index in [0.29, 0.717) is 37.6 Å². The highest BCUT2D eigenvalue weighted by molar-refractivity contribution is 5.93. The minimum absolute atomic E-state index is 0.0455. The van der Waals surface area contributed by atoms with Gasteiger partial charge in [-0.15, -0.1) is 0 Å². The van der Waals surface area contributed by atoms with Crippen LogP contribution in [0.3, 0.4) is 0 Å².